The number of piperidine rings is 1. The van der Waals surface area contributed by atoms with Crippen molar-refractivity contribution in [3.8, 4) is 0 Å². The van der Waals surface area contributed by atoms with Gasteiger partial charge in [0.15, 0.2) is 0 Å². The van der Waals surface area contributed by atoms with Gasteiger partial charge in [0.25, 0.3) is 0 Å². The second kappa shape index (κ2) is 5.58. The molecule has 0 saturated carbocycles. The molecule has 1 fully saturated rings. The number of para-hydroxylation sites is 1. The van der Waals surface area contributed by atoms with Gasteiger partial charge in [0.1, 0.15) is 17.5 Å². The van der Waals surface area contributed by atoms with Gasteiger partial charge in [0.2, 0.25) is 0 Å². The summed E-state index contributed by atoms with van der Waals surface area (Å²) in [6.45, 7) is 1.01. The van der Waals surface area contributed by atoms with Crippen LogP contribution in [0.4, 0.5) is 0 Å². The van der Waals surface area contributed by atoms with E-state index in [0.717, 1.165) is 46.8 Å². The zero-order valence-corrected chi connectivity index (χ0v) is 12.4. The van der Waals surface area contributed by atoms with Crippen molar-refractivity contribution < 1.29 is 9.21 Å². The van der Waals surface area contributed by atoms with Crippen LogP contribution in [0.2, 0.25) is 0 Å². The van der Waals surface area contributed by atoms with Gasteiger partial charge in [-0.25, -0.2) is 0 Å². The second-order valence-corrected chi connectivity index (χ2v) is 6.07. The molecular weight excluding hydrogens is 274 g/mol. The number of fused-ring (bicyclic) bond motifs is 3. The molecule has 4 rings (SSSR count). The lowest BCUT2D eigenvalue weighted by molar-refractivity contribution is -0.109. The number of carbonyl (C=O) groups excluding carboxylic acids is 1. The fraction of sp³-hybridized carbons (Fsp3) is 0.316. The van der Waals surface area contributed by atoms with E-state index in [-0.39, 0.29) is 12.0 Å². The van der Waals surface area contributed by atoms with Crippen LogP contribution < -0.4 is 5.32 Å². The molecule has 2 aromatic carbocycles. The highest BCUT2D eigenvalue weighted by Gasteiger charge is 2.24. The van der Waals surface area contributed by atoms with Crippen LogP contribution in [-0.4, -0.2) is 18.9 Å². The molecule has 0 spiro atoms. The lowest BCUT2D eigenvalue weighted by Crippen LogP contribution is -2.39. The van der Waals surface area contributed by atoms with Gasteiger partial charge < -0.3 is 14.5 Å². The Balaban J connectivity index is 1.80. The third-order valence-electron chi connectivity index (χ3n) is 4.71. The van der Waals surface area contributed by atoms with E-state index in [1.54, 1.807) is 0 Å². The van der Waals surface area contributed by atoms with E-state index in [1.807, 2.05) is 30.3 Å². The Morgan fingerprint density at radius 3 is 2.77 bits per heavy atom. The topological polar surface area (TPSA) is 42.2 Å². The van der Waals surface area contributed by atoms with Crippen molar-refractivity contribution in [3.05, 3.63) is 48.0 Å². The Hall–Kier alpha value is -2.13. The molecule has 112 valence electrons. The monoisotopic (exact) mass is 293 g/mol. The number of carbonyl (C=O) groups is 1. The van der Waals surface area contributed by atoms with Gasteiger partial charge in [-0.3, -0.25) is 0 Å². The summed E-state index contributed by atoms with van der Waals surface area (Å²) in [6, 6.07) is 14.4. The minimum Gasteiger partial charge on any atom is -0.456 e. The first-order valence-corrected chi connectivity index (χ1v) is 7.97. The summed E-state index contributed by atoms with van der Waals surface area (Å²) in [5.74, 6) is -0.0848. The Bertz CT molecular complexity index is 815. The van der Waals surface area contributed by atoms with E-state index < -0.39 is 0 Å². The summed E-state index contributed by atoms with van der Waals surface area (Å²) in [4.78, 5) is 11.7. The number of furan rings is 1. The van der Waals surface area contributed by atoms with Crippen LogP contribution in [0.25, 0.3) is 21.9 Å². The normalized spacial score (nSPS) is 20.3. The van der Waals surface area contributed by atoms with Crippen LogP contribution in [-0.2, 0) is 4.79 Å². The minimum atomic E-state index is -0.0848. The van der Waals surface area contributed by atoms with Crippen molar-refractivity contribution in [1.29, 1.82) is 0 Å². The van der Waals surface area contributed by atoms with Crippen LogP contribution in [0.1, 0.15) is 30.7 Å². The van der Waals surface area contributed by atoms with Crippen LogP contribution in [0, 0.1) is 0 Å². The predicted molar refractivity (Wildman–Crippen MR) is 88.2 cm³/mol. The molecule has 1 N–H and O–H groups in total. The van der Waals surface area contributed by atoms with Crippen molar-refractivity contribution in [1.82, 2.24) is 5.32 Å². The van der Waals surface area contributed by atoms with Crippen molar-refractivity contribution in [3.63, 3.8) is 0 Å². The molecule has 3 nitrogen and oxygen atoms in total. The molecular formula is C19H19NO2. The fourth-order valence-electron chi connectivity index (χ4n) is 3.54. The van der Waals surface area contributed by atoms with E-state index >= 15 is 0 Å². The highest BCUT2D eigenvalue weighted by Crippen LogP contribution is 2.32. The average Bonchev–Trinajstić information content (AvgIpc) is 2.95. The third kappa shape index (κ3) is 2.22. The Morgan fingerprint density at radius 1 is 1.09 bits per heavy atom. The summed E-state index contributed by atoms with van der Waals surface area (Å²) in [7, 11) is 0. The summed E-state index contributed by atoms with van der Waals surface area (Å²) in [5.41, 5.74) is 2.85. The molecule has 3 aromatic rings. The molecule has 1 aliphatic heterocycles. The van der Waals surface area contributed by atoms with Crippen LogP contribution >= 0.6 is 0 Å². The molecule has 0 amide bonds. The number of rotatable bonds is 3. The van der Waals surface area contributed by atoms with Gasteiger partial charge in [-0.15, -0.1) is 0 Å². The van der Waals surface area contributed by atoms with Crippen LogP contribution in [0.5, 0.6) is 0 Å². The maximum Gasteiger partial charge on any atom is 0.135 e. The molecule has 2 atom stereocenters. The van der Waals surface area contributed by atoms with Gasteiger partial charge in [-0.05, 0) is 43.1 Å². The highest BCUT2D eigenvalue weighted by atomic mass is 16.3. The highest BCUT2D eigenvalue weighted by molar-refractivity contribution is 6.05. The van der Waals surface area contributed by atoms with Gasteiger partial charge in [0.05, 0.1) is 5.92 Å². The summed E-state index contributed by atoms with van der Waals surface area (Å²) in [6.07, 6.45) is 4.55. The van der Waals surface area contributed by atoms with E-state index in [0.29, 0.717) is 0 Å². The van der Waals surface area contributed by atoms with E-state index in [4.69, 9.17) is 4.42 Å². The number of benzene rings is 2. The van der Waals surface area contributed by atoms with Crippen molar-refractivity contribution in [2.75, 3.05) is 6.54 Å². The SMILES string of the molecule is O=CC(c1ccc2oc3ccccc3c2c1)C1CCCCN1. The maximum absolute atomic E-state index is 11.7. The molecule has 2 heterocycles. The summed E-state index contributed by atoms with van der Waals surface area (Å²) >= 11 is 0. The van der Waals surface area contributed by atoms with E-state index in [9.17, 15) is 4.79 Å². The lowest BCUT2D eigenvalue weighted by atomic mass is 9.87. The largest absolute Gasteiger partial charge is 0.456 e. The van der Waals surface area contributed by atoms with Crippen molar-refractivity contribution in [2.24, 2.45) is 0 Å². The first kappa shape index (κ1) is 13.5. The molecule has 3 heteroatoms. The predicted octanol–water partition coefficient (Wildman–Crippen LogP) is 4.01. The van der Waals surface area contributed by atoms with Crippen molar-refractivity contribution >= 4 is 28.2 Å². The molecule has 1 saturated heterocycles. The zero-order chi connectivity index (χ0) is 14.9. The minimum absolute atomic E-state index is 0.0848. The number of hydrogen-bond acceptors (Lipinski definition) is 3. The Morgan fingerprint density at radius 2 is 1.95 bits per heavy atom. The van der Waals surface area contributed by atoms with E-state index in [1.165, 1.54) is 12.8 Å². The van der Waals surface area contributed by atoms with Gasteiger partial charge in [-0.2, -0.15) is 0 Å². The average molecular weight is 293 g/mol. The molecule has 22 heavy (non-hydrogen) atoms. The fourth-order valence-corrected chi connectivity index (χ4v) is 3.54. The molecule has 0 radical (unpaired) electrons. The third-order valence-corrected chi connectivity index (χ3v) is 4.71. The first-order valence-electron chi connectivity index (χ1n) is 7.97. The smallest absolute Gasteiger partial charge is 0.135 e. The molecule has 0 bridgehead atoms. The summed E-state index contributed by atoms with van der Waals surface area (Å²) in [5, 5.41) is 5.70. The number of nitrogens with one attached hydrogen (secondary N) is 1. The van der Waals surface area contributed by atoms with Gasteiger partial charge >= 0.3 is 0 Å². The van der Waals surface area contributed by atoms with Gasteiger partial charge in [0, 0.05) is 16.8 Å². The molecule has 1 aliphatic rings. The van der Waals surface area contributed by atoms with Crippen LogP contribution in [0.3, 0.4) is 0 Å². The second-order valence-electron chi connectivity index (χ2n) is 6.07. The number of hydrogen-bond donors (Lipinski definition) is 1. The molecule has 2 unspecified atom stereocenters. The Labute approximate surface area is 129 Å². The van der Waals surface area contributed by atoms with Crippen LogP contribution in [0.15, 0.2) is 46.9 Å². The zero-order valence-electron chi connectivity index (χ0n) is 12.4. The van der Waals surface area contributed by atoms with E-state index in [2.05, 4.69) is 17.4 Å². The number of aldehydes is 1. The molecule has 0 aliphatic carbocycles. The van der Waals surface area contributed by atoms with Gasteiger partial charge in [-0.1, -0.05) is 30.7 Å². The summed E-state index contributed by atoms with van der Waals surface area (Å²) < 4.78 is 5.86. The first-order chi connectivity index (χ1) is 10.9. The maximum atomic E-state index is 11.7. The quantitative estimate of drug-likeness (QED) is 0.742. The Kier molecular flexibility index (Phi) is 3.43. The van der Waals surface area contributed by atoms with Crippen molar-refractivity contribution in [2.45, 2.75) is 31.2 Å². The standard InChI is InChI=1S/C19H19NO2/c21-12-16(17-6-3-4-10-20-17)13-8-9-19-15(11-13)14-5-1-2-7-18(14)22-19/h1-2,5,7-9,11-12,16-17,20H,3-4,6,10H2. The lowest BCUT2D eigenvalue weighted by Gasteiger charge is -2.28. The molecule has 1 aromatic heterocycles.